The standard InChI is InChI=1S/C33H39N3O4/c1-3-28(32(38)34-25-12-5-4-6-13-25)36(22-23-17-19-26(40-2)20-18-23)30(37)16-9-21-35-29-15-8-11-24-10-7-14-27(31(24)29)33(35)39/h7-8,10-11,14-15,17-20,25,28H,3-6,9,12-13,16,21-22H2,1-2H3,(H,34,38)/t28-/m0/s1. The molecular weight excluding hydrogens is 502 g/mol. The summed E-state index contributed by atoms with van der Waals surface area (Å²) in [5.41, 5.74) is 2.56. The molecule has 210 valence electrons. The van der Waals surface area contributed by atoms with Gasteiger partial charge in [0, 0.05) is 36.5 Å². The molecule has 0 radical (unpaired) electrons. The van der Waals surface area contributed by atoms with E-state index < -0.39 is 6.04 Å². The zero-order valence-electron chi connectivity index (χ0n) is 23.5. The highest BCUT2D eigenvalue weighted by Gasteiger charge is 2.32. The lowest BCUT2D eigenvalue weighted by atomic mass is 9.95. The van der Waals surface area contributed by atoms with Crippen molar-refractivity contribution >= 4 is 34.2 Å². The number of hydrogen-bond donors (Lipinski definition) is 1. The van der Waals surface area contributed by atoms with Gasteiger partial charge in [0.1, 0.15) is 11.8 Å². The summed E-state index contributed by atoms with van der Waals surface area (Å²) in [4.78, 5) is 43.9. The number of amides is 3. The van der Waals surface area contributed by atoms with Crippen molar-refractivity contribution in [3.05, 3.63) is 71.8 Å². The Balaban J connectivity index is 1.29. The van der Waals surface area contributed by atoms with E-state index in [4.69, 9.17) is 4.74 Å². The summed E-state index contributed by atoms with van der Waals surface area (Å²) in [6.45, 7) is 2.74. The van der Waals surface area contributed by atoms with E-state index in [2.05, 4.69) is 5.32 Å². The predicted molar refractivity (Wildman–Crippen MR) is 157 cm³/mol. The van der Waals surface area contributed by atoms with Crippen LogP contribution in [0.15, 0.2) is 60.7 Å². The third-order valence-corrected chi connectivity index (χ3v) is 8.27. The molecule has 1 atom stereocenters. The number of anilines is 1. The number of nitrogens with one attached hydrogen (secondary N) is 1. The van der Waals surface area contributed by atoms with Gasteiger partial charge in [0.15, 0.2) is 0 Å². The van der Waals surface area contributed by atoms with Crippen LogP contribution in [0.2, 0.25) is 0 Å². The number of rotatable bonds is 11. The van der Waals surface area contributed by atoms with Crippen LogP contribution in [-0.4, -0.2) is 48.4 Å². The maximum Gasteiger partial charge on any atom is 0.258 e. The van der Waals surface area contributed by atoms with Gasteiger partial charge in [0.2, 0.25) is 11.8 Å². The van der Waals surface area contributed by atoms with Crippen LogP contribution in [0.25, 0.3) is 10.8 Å². The molecule has 1 aliphatic carbocycles. The summed E-state index contributed by atoms with van der Waals surface area (Å²) in [6.07, 6.45) is 6.74. The molecule has 3 amide bonds. The smallest absolute Gasteiger partial charge is 0.258 e. The molecule has 40 heavy (non-hydrogen) atoms. The second kappa shape index (κ2) is 12.5. The van der Waals surface area contributed by atoms with Crippen LogP contribution in [0, 0.1) is 0 Å². The molecule has 0 spiro atoms. The van der Waals surface area contributed by atoms with E-state index >= 15 is 0 Å². The highest BCUT2D eigenvalue weighted by Crippen LogP contribution is 2.37. The number of nitrogens with zero attached hydrogens (tertiary/aromatic N) is 2. The zero-order chi connectivity index (χ0) is 28.1. The van der Waals surface area contributed by atoms with Gasteiger partial charge >= 0.3 is 0 Å². The fourth-order valence-corrected chi connectivity index (χ4v) is 6.12. The van der Waals surface area contributed by atoms with Crippen LogP contribution in [0.5, 0.6) is 5.75 Å². The minimum atomic E-state index is -0.553. The largest absolute Gasteiger partial charge is 0.497 e. The van der Waals surface area contributed by atoms with Crippen molar-refractivity contribution in [2.75, 3.05) is 18.6 Å². The molecule has 0 saturated heterocycles. The van der Waals surface area contributed by atoms with E-state index in [9.17, 15) is 14.4 Å². The van der Waals surface area contributed by atoms with Crippen molar-refractivity contribution in [3.8, 4) is 5.75 Å². The maximum atomic E-state index is 13.7. The third-order valence-electron chi connectivity index (χ3n) is 8.27. The summed E-state index contributed by atoms with van der Waals surface area (Å²) >= 11 is 0. The van der Waals surface area contributed by atoms with Gasteiger partial charge < -0.3 is 19.9 Å². The SMILES string of the molecule is CC[C@@H](C(=O)NC1CCCCC1)N(Cc1ccc(OC)cc1)C(=O)CCCN1C(=O)c2cccc3cccc1c23. The molecule has 0 unspecified atom stereocenters. The van der Waals surface area contributed by atoms with Crippen molar-refractivity contribution < 1.29 is 19.1 Å². The Morgan fingerprint density at radius 1 is 1.02 bits per heavy atom. The Morgan fingerprint density at radius 3 is 2.45 bits per heavy atom. The van der Waals surface area contributed by atoms with Crippen molar-refractivity contribution in [3.63, 3.8) is 0 Å². The molecule has 3 aromatic carbocycles. The van der Waals surface area contributed by atoms with Crippen LogP contribution in [0.1, 0.15) is 74.2 Å². The lowest BCUT2D eigenvalue weighted by Gasteiger charge is -2.33. The number of carbonyl (C=O) groups excluding carboxylic acids is 3. The van der Waals surface area contributed by atoms with Crippen molar-refractivity contribution in [1.82, 2.24) is 10.2 Å². The van der Waals surface area contributed by atoms with Crippen LogP contribution < -0.4 is 15.0 Å². The van der Waals surface area contributed by atoms with Crippen LogP contribution in [0.3, 0.4) is 0 Å². The zero-order valence-corrected chi connectivity index (χ0v) is 23.5. The summed E-state index contributed by atoms with van der Waals surface area (Å²) in [5, 5.41) is 5.25. The first-order valence-corrected chi connectivity index (χ1v) is 14.6. The second-order valence-electron chi connectivity index (χ2n) is 10.9. The molecule has 1 heterocycles. The molecular formula is C33H39N3O4. The third kappa shape index (κ3) is 5.83. The van der Waals surface area contributed by atoms with Crippen LogP contribution in [0.4, 0.5) is 5.69 Å². The fraction of sp³-hybridized carbons (Fsp3) is 0.424. The first-order chi connectivity index (χ1) is 19.5. The molecule has 2 aliphatic rings. The maximum absolute atomic E-state index is 13.7. The van der Waals surface area contributed by atoms with Gasteiger partial charge in [-0.15, -0.1) is 0 Å². The van der Waals surface area contributed by atoms with E-state index in [0.717, 1.165) is 53.5 Å². The number of ether oxygens (including phenoxy) is 1. The van der Waals surface area contributed by atoms with Crippen molar-refractivity contribution in [2.45, 2.75) is 76.9 Å². The van der Waals surface area contributed by atoms with E-state index in [0.29, 0.717) is 31.5 Å². The average Bonchev–Trinajstić information content (AvgIpc) is 3.26. The van der Waals surface area contributed by atoms with Gasteiger partial charge in [-0.3, -0.25) is 14.4 Å². The van der Waals surface area contributed by atoms with Gasteiger partial charge in [-0.25, -0.2) is 0 Å². The summed E-state index contributed by atoms with van der Waals surface area (Å²) in [5.74, 6) is 0.569. The molecule has 0 bridgehead atoms. The molecule has 1 N–H and O–H groups in total. The Kier molecular flexibility index (Phi) is 8.68. The number of benzene rings is 3. The van der Waals surface area contributed by atoms with Crippen LogP contribution in [-0.2, 0) is 16.1 Å². The lowest BCUT2D eigenvalue weighted by Crippen LogP contribution is -2.51. The second-order valence-corrected chi connectivity index (χ2v) is 10.9. The molecule has 7 nitrogen and oxygen atoms in total. The normalized spacial score (nSPS) is 15.8. The monoisotopic (exact) mass is 541 g/mol. The Bertz CT molecular complexity index is 1360. The first-order valence-electron chi connectivity index (χ1n) is 14.6. The molecule has 1 fully saturated rings. The summed E-state index contributed by atoms with van der Waals surface area (Å²) < 4.78 is 5.29. The van der Waals surface area contributed by atoms with Gasteiger partial charge in [-0.2, -0.15) is 0 Å². The molecule has 0 aromatic heterocycles. The van der Waals surface area contributed by atoms with Gasteiger partial charge in [-0.1, -0.05) is 62.6 Å². The van der Waals surface area contributed by atoms with Gasteiger partial charge in [-0.05, 0) is 60.9 Å². The van der Waals surface area contributed by atoms with Crippen molar-refractivity contribution in [1.29, 1.82) is 0 Å². The molecule has 1 aliphatic heterocycles. The minimum Gasteiger partial charge on any atom is -0.497 e. The summed E-state index contributed by atoms with van der Waals surface area (Å²) in [6, 6.07) is 19.0. The fourth-order valence-electron chi connectivity index (χ4n) is 6.12. The highest BCUT2D eigenvalue weighted by atomic mass is 16.5. The van der Waals surface area contributed by atoms with Gasteiger partial charge in [0.25, 0.3) is 5.91 Å². The van der Waals surface area contributed by atoms with E-state index in [1.54, 1.807) is 16.9 Å². The van der Waals surface area contributed by atoms with E-state index in [1.807, 2.05) is 67.6 Å². The Labute approximate surface area is 236 Å². The number of hydrogen-bond acceptors (Lipinski definition) is 4. The number of methoxy groups -OCH3 is 1. The van der Waals surface area contributed by atoms with Crippen LogP contribution >= 0.6 is 0 Å². The molecule has 3 aromatic rings. The number of carbonyl (C=O) groups is 3. The van der Waals surface area contributed by atoms with Gasteiger partial charge in [0.05, 0.1) is 12.8 Å². The quantitative estimate of drug-likeness (QED) is 0.331. The van der Waals surface area contributed by atoms with Crippen molar-refractivity contribution in [2.24, 2.45) is 0 Å². The minimum absolute atomic E-state index is 0.0207. The topological polar surface area (TPSA) is 79.0 Å². The predicted octanol–water partition coefficient (Wildman–Crippen LogP) is 5.85. The lowest BCUT2D eigenvalue weighted by molar-refractivity contribution is -0.141. The highest BCUT2D eigenvalue weighted by molar-refractivity contribution is 6.25. The average molecular weight is 542 g/mol. The molecule has 5 rings (SSSR count). The Morgan fingerprint density at radius 2 is 1.75 bits per heavy atom. The Hall–Kier alpha value is -3.87. The van der Waals surface area contributed by atoms with E-state index in [1.165, 1.54) is 6.42 Å². The molecule has 7 heteroatoms. The molecule has 1 saturated carbocycles. The first kappa shape index (κ1) is 27.7. The van der Waals surface area contributed by atoms with E-state index in [-0.39, 0.29) is 30.2 Å². The summed E-state index contributed by atoms with van der Waals surface area (Å²) in [7, 11) is 1.62.